The lowest BCUT2D eigenvalue weighted by molar-refractivity contribution is -0.384. The van der Waals surface area contributed by atoms with Crippen LogP contribution in [0, 0.1) is 10.1 Å². The van der Waals surface area contributed by atoms with Crippen LogP contribution in [0.15, 0.2) is 60.4 Å². The van der Waals surface area contributed by atoms with Gasteiger partial charge in [0.1, 0.15) is 23.9 Å². The van der Waals surface area contributed by atoms with E-state index in [1.807, 2.05) is 0 Å². The van der Waals surface area contributed by atoms with Gasteiger partial charge in [0.05, 0.1) is 31.8 Å². The summed E-state index contributed by atoms with van der Waals surface area (Å²) in [5.41, 5.74) is 1.78. The fourth-order valence-corrected chi connectivity index (χ4v) is 3.44. The van der Waals surface area contributed by atoms with E-state index in [0.29, 0.717) is 39.9 Å². The van der Waals surface area contributed by atoms with Gasteiger partial charge in [-0.05, 0) is 42.0 Å². The maximum Gasteiger partial charge on any atom is 0.269 e. The molecule has 0 saturated carbocycles. The van der Waals surface area contributed by atoms with Crippen molar-refractivity contribution in [1.29, 1.82) is 0 Å². The summed E-state index contributed by atoms with van der Waals surface area (Å²) in [6.07, 6.45) is 1.58. The first-order valence-corrected chi connectivity index (χ1v) is 10.2. The van der Waals surface area contributed by atoms with Crippen molar-refractivity contribution in [3.63, 3.8) is 0 Å². The molecule has 34 heavy (non-hydrogen) atoms. The van der Waals surface area contributed by atoms with Crippen LogP contribution in [0.4, 0.5) is 5.69 Å². The smallest absolute Gasteiger partial charge is 0.269 e. The average Bonchev–Trinajstić information content (AvgIpc) is 3.16. The molecule has 1 aliphatic rings. The minimum absolute atomic E-state index is 0.0126. The number of ether oxygens (including phenoxy) is 5. The summed E-state index contributed by atoms with van der Waals surface area (Å²) >= 11 is 0. The fourth-order valence-electron chi connectivity index (χ4n) is 3.44. The third-order valence-corrected chi connectivity index (χ3v) is 5.22. The number of hydrogen-bond donors (Lipinski definition) is 0. The third-order valence-electron chi connectivity index (χ3n) is 5.22. The van der Waals surface area contributed by atoms with Gasteiger partial charge in [-0.25, -0.2) is 0 Å². The highest BCUT2D eigenvalue weighted by Crippen LogP contribution is 2.39. The van der Waals surface area contributed by atoms with Crippen LogP contribution in [-0.4, -0.2) is 32.0 Å². The number of benzene rings is 3. The molecule has 3 aromatic rings. The highest BCUT2D eigenvalue weighted by atomic mass is 16.6. The van der Waals surface area contributed by atoms with Crippen LogP contribution in [0.1, 0.15) is 21.5 Å². The Morgan fingerprint density at radius 1 is 0.912 bits per heavy atom. The Kier molecular flexibility index (Phi) is 6.35. The lowest BCUT2D eigenvalue weighted by Crippen LogP contribution is -2.00. The van der Waals surface area contributed by atoms with Gasteiger partial charge >= 0.3 is 0 Å². The lowest BCUT2D eigenvalue weighted by Gasteiger charge is -2.12. The molecule has 0 aliphatic carbocycles. The molecule has 0 radical (unpaired) electrons. The van der Waals surface area contributed by atoms with E-state index in [0.717, 1.165) is 5.56 Å². The monoisotopic (exact) mass is 463 g/mol. The Balaban J connectivity index is 1.53. The summed E-state index contributed by atoms with van der Waals surface area (Å²) in [6.45, 7) is 0.205. The standard InChI is InChI=1S/C25H21NO8/c1-30-20-13-23(32-3)22(31-2)10-16(20)11-24-25(27)19-9-8-18(12-21(19)34-24)33-14-15-4-6-17(7-5-15)26(28)29/h4-13H,14H2,1-3H3. The number of nitro groups is 1. The number of non-ortho nitro benzene ring substituents is 1. The van der Waals surface area contributed by atoms with Crippen molar-refractivity contribution < 1.29 is 33.4 Å². The maximum atomic E-state index is 12.9. The van der Waals surface area contributed by atoms with Crippen LogP contribution < -0.4 is 23.7 Å². The van der Waals surface area contributed by atoms with Gasteiger partial charge < -0.3 is 23.7 Å². The number of nitrogens with zero attached hydrogens (tertiary/aromatic N) is 1. The van der Waals surface area contributed by atoms with Crippen LogP contribution in [0.3, 0.4) is 0 Å². The van der Waals surface area contributed by atoms with Gasteiger partial charge in [0.2, 0.25) is 5.78 Å². The highest BCUT2D eigenvalue weighted by Gasteiger charge is 2.28. The largest absolute Gasteiger partial charge is 0.496 e. The minimum atomic E-state index is -0.456. The molecule has 174 valence electrons. The molecule has 0 fully saturated rings. The first kappa shape index (κ1) is 22.7. The molecule has 1 aliphatic heterocycles. The topological polar surface area (TPSA) is 106 Å². The summed E-state index contributed by atoms with van der Waals surface area (Å²) in [5, 5.41) is 10.8. The number of allylic oxidation sites excluding steroid dienone is 1. The molecule has 0 bridgehead atoms. The number of fused-ring (bicyclic) bond motifs is 1. The van der Waals surface area contributed by atoms with E-state index in [9.17, 15) is 14.9 Å². The van der Waals surface area contributed by atoms with Crippen molar-refractivity contribution >= 4 is 17.5 Å². The molecule has 0 N–H and O–H groups in total. The third kappa shape index (κ3) is 4.49. The Labute approximate surface area is 195 Å². The second kappa shape index (κ2) is 9.53. The Morgan fingerprint density at radius 2 is 1.59 bits per heavy atom. The predicted molar refractivity (Wildman–Crippen MR) is 123 cm³/mol. The number of carbonyl (C=O) groups excluding carboxylic acids is 1. The molecule has 0 spiro atoms. The molecule has 0 aromatic heterocycles. The van der Waals surface area contributed by atoms with Crippen molar-refractivity contribution in [2.24, 2.45) is 0 Å². The Hall–Kier alpha value is -4.53. The van der Waals surface area contributed by atoms with E-state index in [-0.39, 0.29) is 23.8 Å². The van der Waals surface area contributed by atoms with Gasteiger partial charge in [0.25, 0.3) is 5.69 Å². The van der Waals surface area contributed by atoms with E-state index < -0.39 is 4.92 Å². The maximum absolute atomic E-state index is 12.9. The molecule has 0 atom stereocenters. The number of methoxy groups -OCH3 is 3. The summed E-state index contributed by atoms with van der Waals surface area (Å²) in [6, 6.07) is 14.4. The van der Waals surface area contributed by atoms with E-state index in [4.69, 9.17) is 23.7 Å². The molecule has 1 heterocycles. The zero-order valence-electron chi connectivity index (χ0n) is 18.7. The molecular formula is C25H21NO8. The van der Waals surface area contributed by atoms with Gasteiger partial charge in [-0.1, -0.05) is 0 Å². The second-order valence-electron chi connectivity index (χ2n) is 7.26. The van der Waals surface area contributed by atoms with Crippen LogP contribution in [-0.2, 0) is 6.61 Å². The van der Waals surface area contributed by atoms with Crippen LogP contribution in [0.5, 0.6) is 28.7 Å². The fraction of sp³-hybridized carbons (Fsp3) is 0.160. The minimum Gasteiger partial charge on any atom is -0.496 e. The van der Waals surface area contributed by atoms with Crippen molar-refractivity contribution in [1.82, 2.24) is 0 Å². The number of rotatable bonds is 8. The van der Waals surface area contributed by atoms with Crippen molar-refractivity contribution in [3.05, 3.63) is 87.2 Å². The summed E-state index contributed by atoms with van der Waals surface area (Å²) < 4.78 is 27.6. The van der Waals surface area contributed by atoms with E-state index in [2.05, 4.69) is 0 Å². The van der Waals surface area contributed by atoms with Crippen LogP contribution in [0.2, 0.25) is 0 Å². The molecule has 3 aromatic carbocycles. The SMILES string of the molecule is COc1cc(OC)c(OC)cc1C=C1Oc2cc(OCc3ccc([N+](=O)[O-])cc3)ccc2C1=O. The van der Waals surface area contributed by atoms with E-state index >= 15 is 0 Å². The molecule has 0 amide bonds. The predicted octanol–water partition coefficient (Wildman–Crippen LogP) is 4.82. The van der Waals surface area contributed by atoms with E-state index in [1.54, 1.807) is 48.5 Å². The first-order chi connectivity index (χ1) is 16.4. The highest BCUT2D eigenvalue weighted by molar-refractivity contribution is 6.14. The number of Topliss-reactive ketones (excluding diaryl/α,β-unsaturated/α-hetero) is 1. The van der Waals surface area contributed by atoms with Gasteiger partial charge in [-0.2, -0.15) is 0 Å². The Morgan fingerprint density at radius 3 is 2.24 bits per heavy atom. The van der Waals surface area contributed by atoms with Crippen molar-refractivity contribution in [2.45, 2.75) is 6.61 Å². The first-order valence-electron chi connectivity index (χ1n) is 10.2. The lowest BCUT2D eigenvalue weighted by atomic mass is 10.1. The summed E-state index contributed by atoms with van der Waals surface area (Å²) in [7, 11) is 4.56. The Bertz CT molecular complexity index is 1280. The van der Waals surface area contributed by atoms with Gasteiger partial charge in [0, 0.05) is 29.8 Å². The number of carbonyl (C=O) groups is 1. The summed E-state index contributed by atoms with van der Waals surface area (Å²) in [4.78, 5) is 23.2. The molecule has 9 heteroatoms. The van der Waals surface area contributed by atoms with Crippen LogP contribution in [0.25, 0.3) is 6.08 Å². The molecule has 0 unspecified atom stereocenters. The number of ketones is 1. The second-order valence-corrected chi connectivity index (χ2v) is 7.26. The number of hydrogen-bond acceptors (Lipinski definition) is 8. The van der Waals surface area contributed by atoms with Gasteiger partial charge in [0.15, 0.2) is 17.3 Å². The van der Waals surface area contributed by atoms with E-state index in [1.165, 1.54) is 33.5 Å². The zero-order valence-corrected chi connectivity index (χ0v) is 18.7. The zero-order chi connectivity index (χ0) is 24.2. The normalized spacial score (nSPS) is 13.3. The van der Waals surface area contributed by atoms with Gasteiger partial charge in [-0.15, -0.1) is 0 Å². The van der Waals surface area contributed by atoms with Gasteiger partial charge in [-0.3, -0.25) is 14.9 Å². The average molecular weight is 463 g/mol. The molecule has 4 rings (SSSR count). The molecule has 0 saturated heterocycles. The number of nitro benzene ring substituents is 1. The quantitative estimate of drug-likeness (QED) is 0.266. The summed E-state index contributed by atoms with van der Waals surface area (Å²) in [5.74, 6) is 2.21. The van der Waals surface area contributed by atoms with Crippen LogP contribution >= 0.6 is 0 Å². The molecule has 9 nitrogen and oxygen atoms in total. The molecular weight excluding hydrogens is 442 g/mol. The van der Waals surface area contributed by atoms with Crippen molar-refractivity contribution in [2.75, 3.05) is 21.3 Å². The van der Waals surface area contributed by atoms with Crippen molar-refractivity contribution in [3.8, 4) is 28.7 Å².